The summed E-state index contributed by atoms with van der Waals surface area (Å²) < 4.78 is 14.6. The predicted molar refractivity (Wildman–Crippen MR) is 94.1 cm³/mol. The molecule has 0 amide bonds. The number of anilines is 1. The summed E-state index contributed by atoms with van der Waals surface area (Å²) in [6.07, 6.45) is 5.92. The first kappa shape index (κ1) is 17.5. The molecule has 0 bridgehead atoms. The van der Waals surface area contributed by atoms with Gasteiger partial charge in [0.15, 0.2) is 5.82 Å². The SMILES string of the molecule is CC(C)(C)c1cc(=O)n(CC2CCN(c3ncc(F)cn3)CC2)cn1. The Morgan fingerprint density at radius 2 is 1.80 bits per heavy atom. The van der Waals surface area contributed by atoms with Gasteiger partial charge in [-0.3, -0.25) is 9.36 Å². The molecular weight excluding hydrogens is 321 g/mol. The average Bonchev–Trinajstić information content (AvgIpc) is 2.57. The van der Waals surface area contributed by atoms with E-state index in [4.69, 9.17) is 0 Å². The zero-order chi connectivity index (χ0) is 18.0. The van der Waals surface area contributed by atoms with Crippen molar-refractivity contribution in [3.8, 4) is 0 Å². The zero-order valence-electron chi connectivity index (χ0n) is 14.9. The summed E-state index contributed by atoms with van der Waals surface area (Å²) in [7, 11) is 0. The van der Waals surface area contributed by atoms with E-state index >= 15 is 0 Å². The second-order valence-electron chi connectivity index (χ2n) is 7.65. The summed E-state index contributed by atoms with van der Waals surface area (Å²) in [4.78, 5) is 26.9. The smallest absolute Gasteiger partial charge is 0.253 e. The molecule has 0 radical (unpaired) electrons. The Balaban J connectivity index is 1.61. The van der Waals surface area contributed by atoms with Gasteiger partial charge in [-0.25, -0.2) is 19.3 Å². The van der Waals surface area contributed by atoms with E-state index in [1.54, 1.807) is 17.0 Å². The van der Waals surface area contributed by atoms with Crippen molar-refractivity contribution in [2.75, 3.05) is 18.0 Å². The number of halogens is 1. The standard InChI is InChI=1S/C18H24FN5O/c1-18(2,3)15-8-16(25)24(12-22-15)11-13-4-6-23(7-5-13)17-20-9-14(19)10-21-17/h8-10,12-13H,4-7,11H2,1-3H3. The molecule has 0 unspecified atom stereocenters. The van der Waals surface area contributed by atoms with Gasteiger partial charge in [0.2, 0.25) is 5.95 Å². The van der Waals surface area contributed by atoms with Gasteiger partial charge in [0.1, 0.15) is 0 Å². The highest BCUT2D eigenvalue weighted by molar-refractivity contribution is 5.29. The molecule has 134 valence electrons. The van der Waals surface area contributed by atoms with Crippen molar-refractivity contribution in [2.24, 2.45) is 5.92 Å². The van der Waals surface area contributed by atoms with E-state index in [0.717, 1.165) is 31.6 Å². The lowest BCUT2D eigenvalue weighted by Gasteiger charge is -2.32. The topological polar surface area (TPSA) is 63.9 Å². The minimum absolute atomic E-state index is 0.00391. The van der Waals surface area contributed by atoms with E-state index in [1.165, 1.54) is 12.4 Å². The summed E-state index contributed by atoms with van der Waals surface area (Å²) in [6, 6.07) is 1.64. The molecule has 2 aromatic heterocycles. The van der Waals surface area contributed by atoms with Crippen LogP contribution >= 0.6 is 0 Å². The van der Waals surface area contributed by atoms with Crippen molar-refractivity contribution in [1.82, 2.24) is 19.5 Å². The third-order valence-corrected chi connectivity index (χ3v) is 4.61. The largest absolute Gasteiger partial charge is 0.341 e. The second-order valence-corrected chi connectivity index (χ2v) is 7.65. The van der Waals surface area contributed by atoms with Crippen molar-refractivity contribution in [1.29, 1.82) is 0 Å². The van der Waals surface area contributed by atoms with Crippen LogP contribution in [0.1, 0.15) is 39.3 Å². The molecule has 7 heteroatoms. The van der Waals surface area contributed by atoms with Crippen LogP contribution in [0.5, 0.6) is 0 Å². The lowest BCUT2D eigenvalue weighted by molar-refractivity contribution is 0.348. The monoisotopic (exact) mass is 345 g/mol. The highest BCUT2D eigenvalue weighted by Gasteiger charge is 2.22. The Bertz CT molecular complexity index is 773. The van der Waals surface area contributed by atoms with E-state index in [-0.39, 0.29) is 11.0 Å². The Hall–Kier alpha value is -2.31. The van der Waals surface area contributed by atoms with Gasteiger partial charge in [0.05, 0.1) is 24.4 Å². The number of hydrogen-bond acceptors (Lipinski definition) is 5. The molecule has 3 rings (SSSR count). The molecule has 0 spiro atoms. The molecule has 0 aromatic carbocycles. The molecule has 0 N–H and O–H groups in total. The fourth-order valence-electron chi connectivity index (χ4n) is 3.04. The Morgan fingerprint density at radius 1 is 1.16 bits per heavy atom. The number of piperidine rings is 1. The minimum atomic E-state index is -0.427. The van der Waals surface area contributed by atoms with Crippen LogP contribution in [0.4, 0.5) is 10.3 Å². The molecule has 2 aromatic rings. The van der Waals surface area contributed by atoms with E-state index in [9.17, 15) is 9.18 Å². The lowest BCUT2D eigenvalue weighted by atomic mass is 9.92. The van der Waals surface area contributed by atoms with Gasteiger partial charge in [0.25, 0.3) is 5.56 Å². The minimum Gasteiger partial charge on any atom is -0.341 e. The van der Waals surface area contributed by atoms with E-state index in [0.29, 0.717) is 18.4 Å². The molecule has 1 saturated heterocycles. The summed E-state index contributed by atoms with van der Waals surface area (Å²) >= 11 is 0. The Kier molecular flexibility index (Phi) is 4.83. The quantitative estimate of drug-likeness (QED) is 0.855. The number of hydrogen-bond donors (Lipinski definition) is 0. The van der Waals surface area contributed by atoms with Gasteiger partial charge < -0.3 is 4.90 Å². The molecule has 3 heterocycles. The van der Waals surface area contributed by atoms with Crippen molar-refractivity contribution in [3.05, 3.63) is 46.7 Å². The van der Waals surface area contributed by atoms with Gasteiger partial charge in [-0.1, -0.05) is 20.8 Å². The Morgan fingerprint density at radius 3 is 2.36 bits per heavy atom. The van der Waals surface area contributed by atoms with Crippen LogP contribution in [0, 0.1) is 11.7 Å². The van der Waals surface area contributed by atoms with E-state index < -0.39 is 5.82 Å². The maximum atomic E-state index is 12.9. The van der Waals surface area contributed by atoms with Gasteiger partial charge in [0, 0.05) is 31.1 Å². The molecule has 1 fully saturated rings. The second kappa shape index (κ2) is 6.90. The maximum Gasteiger partial charge on any atom is 0.253 e. The van der Waals surface area contributed by atoms with Crippen LogP contribution in [-0.2, 0) is 12.0 Å². The van der Waals surface area contributed by atoms with Gasteiger partial charge in [-0.05, 0) is 18.8 Å². The molecule has 1 aliphatic heterocycles. The fraction of sp³-hybridized carbons (Fsp3) is 0.556. The molecular formula is C18H24FN5O. The number of aromatic nitrogens is 4. The van der Waals surface area contributed by atoms with Crippen molar-refractivity contribution in [3.63, 3.8) is 0 Å². The summed E-state index contributed by atoms with van der Waals surface area (Å²) in [5.41, 5.74) is 0.694. The normalized spacial score (nSPS) is 16.2. The first-order valence-corrected chi connectivity index (χ1v) is 8.62. The first-order chi connectivity index (χ1) is 11.8. The van der Waals surface area contributed by atoms with Gasteiger partial charge >= 0.3 is 0 Å². The first-order valence-electron chi connectivity index (χ1n) is 8.62. The highest BCUT2D eigenvalue weighted by Crippen LogP contribution is 2.22. The highest BCUT2D eigenvalue weighted by atomic mass is 19.1. The van der Waals surface area contributed by atoms with E-state index in [1.807, 2.05) is 20.8 Å². The average molecular weight is 345 g/mol. The summed E-state index contributed by atoms with van der Waals surface area (Å²) in [5, 5.41) is 0. The summed E-state index contributed by atoms with van der Waals surface area (Å²) in [6.45, 7) is 8.43. The lowest BCUT2D eigenvalue weighted by Crippen LogP contribution is -2.37. The van der Waals surface area contributed by atoms with Crippen LogP contribution in [0.15, 0.2) is 29.6 Å². The summed E-state index contributed by atoms with van der Waals surface area (Å²) in [5.74, 6) is 0.550. The predicted octanol–water partition coefficient (Wildman–Crippen LogP) is 2.39. The zero-order valence-corrected chi connectivity index (χ0v) is 14.9. The third kappa shape index (κ3) is 4.21. The van der Waals surface area contributed by atoms with Crippen LogP contribution < -0.4 is 10.5 Å². The van der Waals surface area contributed by atoms with Crippen LogP contribution in [-0.4, -0.2) is 32.6 Å². The van der Waals surface area contributed by atoms with Crippen molar-refractivity contribution in [2.45, 2.75) is 45.6 Å². The fourth-order valence-corrected chi connectivity index (χ4v) is 3.04. The maximum absolute atomic E-state index is 12.9. The van der Waals surface area contributed by atoms with Crippen LogP contribution in [0.25, 0.3) is 0 Å². The third-order valence-electron chi connectivity index (χ3n) is 4.61. The van der Waals surface area contributed by atoms with E-state index in [2.05, 4.69) is 19.9 Å². The van der Waals surface area contributed by atoms with Gasteiger partial charge in [-0.2, -0.15) is 0 Å². The van der Waals surface area contributed by atoms with Crippen LogP contribution in [0.3, 0.4) is 0 Å². The number of nitrogens with zero attached hydrogens (tertiary/aromatic N) is 5. The molecule has 25 heavy (non-hydrogen) atoms. The molecule has 0 saturated carbocycles. The van der Waals surface area contributed by atoms with Crippen molar-refractivity contribution < 1.29 is 4.39 Å². The molecule has 0 aliphatic carbocycles. The van der Waals surface area contributed by atoms with Crippen LogP contribution in [0.2, 0.25) is 0 Å². The van der Waals surface area contributed by atoms with Crippen molar-refractivity contribution >= 4 is 5.95 Å². The van der Waals surface area contributed by atoms with Gasteiger partial charge in [-0.15, -0.1) is 0 Å². The molecule has 6 nitrogen and oxygen atoms in total. The molecule has 0 atom stereocenters. The molecule has 1 aliphatic rings. The Labute approximate surface area is 146 Å². The number of rotatable bonds is 3.